The van der Waals surface area contributed by atoms with E-state index >= 15 is 0 Å². The van der Waals surface area contributed by atoms with Crippen LogP contribution in [-0.2, 0) is 6.61 Å². The standard InChI is InChI=1S/C24H20N4O4/c1-29-17-7-5-6-16(12-17)24-28-27-22(32-24)14-31-20-11-10-15(13-21(20)30-2)23-25-18-8-3-4-9-19(18)26-23/h3-13H,14H2,1-2H3,(H,25,26). The number of nitrogens with zero attached hydrogens (tertiary/aromatic N) is 3. The van der Waals surface area contributed by atoms with Crippen LogP contribution < -0.4 is 14.2 Å². The van der Waals surface area contributed by atoms with Crippen LogP contribution in [0.4, 0.5) is 0 Å². The molecule has 0 saturated heterocycles. The Morgan fingerprint density at radius 2 is 1.75 bits per heavy atom. The topological polar surface area (TPSA) is 95.3 Å². The summed E-state index contributed by atoms with van der Waals surface area (Å²) in [5.41, 5.74) is 3.55. The number of hydrogen-bond donors (Lipinski definition) is 1. The van der Waals surface area contributed by atoms with Gasteiger partial charge in [0.05, 0.1) is 25.3 Å². The average Bonchev–Trinajstić information content (AvgIpc) is 3.50. The lowest BCUT2D eigenvalue weighted by Crippen LogP contribution is -1.98. The van der Waals surface area contributed by atoms with E-state index in [1.165, 1.54) is 0 Å². The van der Waals surface area contributed by atoms with Crippen molar-refractivity contribution in [2.75, 3.05) is 14.2 Å². The fourth-order valence-electron chi connectivity index (χ4n) is 3.35. The zero-order chi connectivity index (χ0) is 21.9. The Labute approximate surface area is 183 Å². The third-order valence-corrected chi connectivity index (χ3v) is 4.96. The summed E-state index contributed by atoms with van der Waals surface area (Å²) in [6.45, 7) is 0.108. The van der Waals surface area contributed by atoms with Gasteiger partial charge in [-0.05, 0) is 48.5 Å². The summed E-state index contributed by atoms with van der Waals surface area (Å²) < 4.78 is 22.4. The maximum atomic E-state index is 5.88. The summed E-state index contributed by atoms with van der Waals surface area (Å²) in [6, 6.07) is 20.9. The molecule has 2 aromatic heterocycles. The number of imidazole rings is 1. The van der Waals surface area contributed by atoms with Crippen molar-refractivity contribution in [1.82, 2.24) is 20.2 Å². The summed E-state index contributed by atoms with van der Waals surface area (Å²) in [5.74, 6) is 3.37. The third kappa shape index (κ3) is 3.85. The number of aromatic amines is 1. The minimum Gasteiger partial charge on any atom is -0.497 e. The Morgan fingerprint density at radius 3 is 2.59 bits per heavy atom. The van der Waals surface area contributed by atoms with E-state index in [4.69, 9.17) is 18.6 Å². The molecule has 0 saturated carbocycles. The molecule has 8 heteroatoms. The Morgan fingerprint density at radius 1 is 0.844 bits per heavy atom. The first-order valence-electron chi connectivity index (χ1n) is 9.96. The summed E-state index contributed by atoms with van der Waals surface area (Å²) in [7, 11) is 3.21. The van der Waals surface area contributed by atoms with E-state index in [1.807, 2.05) is 66.7 Å². The molecule has 0 spiro atoms. The molecule has 0 fully saturated rings. The van der Waals surface area contributed by atoms with Crippen LogP contribution >= 0.6 is 0 Å². The molecule has 0 radical (unpaired) electrons. The molecule has 8 nitrogen and oxygen atoms in total. The summed E-state index contributed by atoms with van der Waals surface area (Å²) in [5, 5.41) is 8.17. The van der Waals surface area contributed by atoms with E-state index in [2.05, 4.69) is 20.2 Å². The first-order valence-corrected chi connectivity index (χ1v) is 9.96. The van der Waals surface area contributed by atoms with Crippen molar-refractivity contribution in [2.24, 2.45) is 0 Å². The maximum absolute atomic E-state index is 5.88. The van der Waals surface area contributed by atoms with E-state index in [0.29, 0.717) is 29.0 Å². The van der Waals surface area contributed by atoms with Gasteiger partial charge in [-0.1, -0.05) is 18.2 Å². The van der Waals surface area contributed by atoms with Crippen LogP contribution in [0.2, 0.25) is 0 Å². The van der Waals surface area contributed by atoms with E-state index in [0.717, 1.165) is 28.0 Å². The Bertz CT molecular complexity index is 1340. The second-order valence-corrected chi connectivity index (χ2v) is 6.99. The average molecular weight is 428 g/mol. The number of nitrogens with one attached hydrogen (secondary N) is 1. The van der Waals surface area contributed by atoms with Gasteiger partial charge in [-0.15, -0.1) is 10.2 Å². The van der Waals surface area contributed by atoms with Crippen molar-refractivity contribution in [3.05, 3.63) is 72.6 Å². The third-order valence-electron chi connectivity index (χ3n) is 4.96. The second kappa shape index (κ2) is 8.43. The highest BCUT2D eigenvalue weighted by atomic mass is 16.5. The number of fused-ring (bicyclic) bond motifs is 1. The predicted molar refractivity (Wildman–Crippen MR) is 119 cm³/mol. The normalized spacial score (nSPS) is 10.9. The van der Waals surface area contributed by atoms with Crippen molar-refractivity contribution in [3.8, 4) is 40.1 Å². The number of ether oxygens (including phenoxy) is 3. The van der Waals surface area contributed by atoms with E-state index in [-0.39, 0.29) is 6.61 Å². The van der Waals surface area contributed by atoms with Crippen LogP contribution in [0.3, 0.4) is 0 Å². The lowest BCUT2D eigenvalue weighted by atomic mass is 10.2. The number of hydrogen-bond acceptors (Lipinski definition) is 7. The molecule has 0 amide bonds. The van der Waals surface area contributed by atoms with Crippen molar-refractivity contribution in [2.45, 2.75) is 6.61 Å². The van der Waals surface area contributed by atoms with Crippen LogP contribution in [-0.4, -0.2) is 34.4 Å². The van der Waals surface area contributed by atoms with Crippen LogP contribution in [0.15, 0.2) is 71.1 Å². The predicted octanol–water partition coefficient (Wildman–Crippen LogP) is 4.88. The number of methoxy groups -OCH3 is 2. The fourth-order valence-corrected chi connectivity index (χ4v) is 3.35. The van der Waals surface area contributed by atoms with Crippen LogP contribution in [0.25, 0.3) is 33.9 Å². The minimum absolute atomic E-state index is 0.108. The highest BCUT2D eigenvalue weighted by Crippen LogP contribution is 2.33. The van der Waals surface area contributed by atoms with Crippen molar-refractivity contribution in [1.29, 1.82) is 0 Å². The van der Waals surface area contributed by atoms with Gasteiger partial charge in [-0.2, -0.15) is 0 Å². The zero-order valence-electron chi connectivity index (χ0n) is 17.5. The number of benzene rings is 3. The van der Waals surface area contributed by atoms with Gasteiger partial charge >= 0.3 is 0 Å². The van der Waals surface area contributed by atoms with Gasteiger partial charge in [0.1, 0.15) is 11.6 Å². The van der Waals surface area contributed by atoms with Gasteiger partial charge in [0.15, 0.2) is 18.1 Å². The highest BCUT2D eigenvalue weighted by molar-refractivity contribution is 5.79. The van der Waals surface area contributed by atoms with Crippen molar-refractivity contribution >= 4 is 11.0 Å². The first kappa shape index (κ1) is 19.6. The molecule has 1 N–H and O–H groups in total. The molecule has 32 heavy (non-hydrogen) atoms. The van der Waals surface area contributed by atoms with Gasteiger partial charge in [0, 0.05) is 11.1 Å². The molecule has 5 rings (SSSR count). The van der Waals surface area contributed by atoms with E-state index < -0.39 is 0 Å². The molecule has 0 aliphatic heterocycles. The first-order chi connectivity index (χ1) is 15.7. The van der Waals surface area contributed by atoms with E-state index in [9.17, 15) is 0 Å². The molecule has 0 aliphatic rings. The Balaban J connectivity index is 1.33. The van der Waals surface area contributed by atoms with Gasteiger partial charge in [0.25, 0.3) is 5.89 Å². The summed E-state index contributed by atoms with van der Waals surface area (Å²) in [6.07, 6.45) is 0. The Kier molecular flexibility index (Phi) is 5.17. The molecule has 0 aliphatic carbocycles. The van der Waals surface area contributed by atoms with Gasteiger partial charge in [0.2, 0.25) is 5.89 Å². The van der Waals surface area contributed by atoms with E-state index in [1.54, 1.807) is 14.2 Å². The highest BCUT2D eigenvalue weighted by Gasteiger charge is 2.13. The molecule has 2 heterocycles. The number of para-hydroxylation sites is 2. The Hall–Kier alpha value is -4.33. The van der Waals surface area contributed by atoms with Gasteiger partial charge < -0.3 is 23.6 Å². The second-order valence-electron chi connectivity index (χ2n) is 6.99. The number of aromatic nitrogens is 4. The molecule has 0 atom stereocenters. The quantitative estimate of drug-likeness (QED) is 0.395. The largest absolute Gasteiger partial charge is 0.497 e. The monoisotopic (exact) mass is 428 g/mol. The van der Waals surface area contributed by atoms with Crippen LogP contribution in [0.1, 0.15) is 5.89 Å². The zero-order valence-corrected chi connectivity index (χ0v) is 17.5. The molecule has 160 valence electrons. The smallest absolute Gasteiger partial charge is 0.254 e. The molecule has 0 bridgehead atoms. The van der Waals surface area contributed by atoms with Gasteiger partial charge in [-0.25, -0.2) is 4.98 Å². The lowest BCUT2D eigenvalue weighted by molar-refractivity contribution is 0.251. The van der Waals surface area contributed by atoms with Crippen LogP contribution in [0.5, 0.6) is 17.2 Å². The van der Waals surface area contributed by atoms with Crippen LogP contribution in [0, 0.1) is 0 Å². The molecular formula is C24H20N4O4. The van der Waals surface area contributed by atoms with Gasteiger partial charge in [-0.3, -0.25) is 0 Å². The molecule has 5 aromatic rings. The lowest BCUT2D eigenvalue weighted by Gasteiger charge is -2.10. The van der Waals surface area contributed by atoms with Crippen molar-refractivity contribution in [3.63, 3.8) is 0 Å². The summed E-state index contributed by atoms with van der Waals surface area (Å²) >= 11 is 0. The maximum Gasteiger partial charge on any atom is 0.254 e. The molecule has 0 unspecified atom stereocenters. The SMILES string of the molecule is COc1cccc(-c2nnc(COc3ccc(-c4nc5ccccc5[nH]4)cc3OC)o2)c1. The minimum atomic E-state index is 0.108. The molecule has 3 aromatic carbocycles. The number of H-pyrrole nitrogens is 1. The summed E-state index contributed by atoms with van der Waals surface area (Å²) in [4.78, 5) is 7.95. The molecular weight excluding hydrogens is 408 g/mol. The number of rotatable bonds is 7. The fraction of sp³-hybridized carbons (Fsp3) is 0.125. The van der Waals surface area contributed by atoms with Crippen molar-refractivity contribution < 1.29 is 18.6 Å².